The van der Waals surface area contributed by atoms with Gasteiger partial charge < -0.3 is 14.6 Å². The van der Waals surface area contributed by atoms with Crippen LogP contribution in [0.4, 0.5) is 4.79 Å². The minimum atomic E-state index is 0.0185. The maximum absolute atomic E-state index is 10.7. The number of carbonyl (C=O) groups excluding carboxylic acids is 2. The predicted molar refractivity (Wildman–Crippen MR) is 49.1 cm³/mol. The highest BCUT2D eigenvalue weighted by Gasteiger charge is 2.02. The Balaban J connectivity index is 0. The van der Waals surface area contributed by atoms with E-state index in [-0.39, 0.29) is 11.8 Å². The Morgan fingerprint density at radius 2 is 1.00 bits per heavy atom. The molecule has 0 aliphatic heterocycles. The number of hydrogen-bond donors (Lipinski definition) is 0. The van der Waals surface area contributed by atoms with Crippen LogP contribution in [-0.2, 0) is 4.79 Å². The molecule has 0 aliphatic carbocycles. The summed E-state index contributed by atoms with van der Waals surface area (Å²) in [6.45, 7) is 3.06. The van der Waals surface area contributed by atoms with Gasteiger partial charge in [0.2, 0.25) is 0 Å². The number of urea groups is 1. The van der Waals surface area contributed by atoms with E-state index < -0.39 is 0 Å². The van der Waals surface area contributed by atoms with Crippen molar-refractivity contribution in [3.8, 4) is 0 Å². The van der Waals surface area contributed by atoms with E-state index in [2.05, 4.69) is 0 Å². The highest BCUT2D eigenvalue weighted by molar-refractivity contribution is 5.73. The van der Waals surface area contributed by atoms with Crippen LogP contribution in [0.5, 0.6) is 0 Å². The lowest BCUT2D eigenvalue weighted by Gasteiger charge is -2.16. The van der Waals surface area contributed by atoms with Crippen LogP contribution in [0, 0.1) is 0 Å². The van der Waals surface area contributed by atoms with E-state index in [1.807, 2.05) is 0 Å². The quantitative estimate of drug-likeness (QED) is 0.545. The third kappa shape index (κ3) is 11.7. The van der Waals surface area contributed by atoms with E-state index in [0.717, 1.165) is 0 Å². The Bertz CT molecular complexity index is 139. The molecule has 0 bridgehead atoms. The molecule has 0 fully saturated rings. The van der Waals surface area contributed by atoms with Crippen molar-refractivity contribution in [2.24, 2.45) is 0 Å². The molecule has 2 amide bonds. The van der Waals surface area contributed by atoms with Crippen LogP contribution in [0.25, 0.3) is 0 Å². The van der Waals surface area contributed by atoms with E-state index in [1.165, 1.54) is 23.6 Å². The van der Waals surface area contributed by atoms with Crippen molar-refractivity contribution in [2.75, 3.05) is 28.2 Å². The van der Waals surface area contributed by atoms with Crippen LogP contribution in [0.3, 0.4) is 0 Å². The van der Waals surface area contributed by atoms with Crippen molar-refractivity contribution < 1.29 is 9.59 Å². The summed E-state index contributed by atoms with van der Waals surface area (Å²) in [7, 11) is 6.90. The highest BCUT2D eigenvalue weighted by atomic mass is 16.2. The van der Waals surface area contributed by atoms with Gasteiger partial charge in [-0.15, -0.1) is 0 Å². The molecule has 0 spiro atoms. The molecule has 0 aromatic heterocycles. The first-order chi connectivity index (χ1) is 5.29. The molecule has 0 aliphatic rings. The maximum Gasteiger partial charge on any atom is 0.318 e. The zero-order valence-corrected chi connectivity index (χ0v) is 8.71. The Hall–Kier alpha value is -1.06. The van der Waals surface area contributed by atoms with Crippen molar-refractivity contribution in [3.05, 3.63) is 0 Å². The van der Waals surface area contributed by atoms with Crippen molar-refractivity contribution in [1.29, 1.82) is 0 Å². The Morgan fingerprint density at radius 1 is 0.833 bits per heavy atom. The van der Waals surface area contributed by atoms with Gasteiger partial charge in [-0.3, -0.25) is 0 Å². The smallest absolute Gasteiger partial charge is 0.318 e. The summed E-state index contributed by atoms with van der Waals surface area (Å²) in [4.78, 5) is 23.2. The van der Waals surface area contributed by atoms with E-state index in [9.17, 15) is 9.59 Å². The first-order valence-electron chi connectivity index (χ1n) is 3.64. The fraction of sp³-hybridized carbons (Fsp3) is 0.750. The first-order valence-corrected chi connectivity index (χ1v) is 3.64. The number of carbonyl (C=O) groups is 2. The summed E-state index contributed by atoms with van der Waals surface area (Å²) < 4.78 is 0. The summed E-state index contributed by atoms with van der Waals surface area (Å²) in [5, 5.41) is 0. The Kier molecular flexibility index (Phi) is 7.48. The molecule has 0 N–H and O–H groups in total. The molecule has 0 atom stereocenters. The molecular weight excluding hydrogens is 156 g/mol. The third-order valence-corrected chi connectivity index (χ3v) is 0.765. The largest absolute Gasteiger partial charge is 0.331 e. The van der Waals surface area contributed by atoms with Crippen LogP contribution in [0.2, 0.25) is 0 Å². The van der Waals surface area contributed by atoms with E-state index in [1.54, 1.807) is 28.2 Å². The van der Waals surface area contributed by atoms with Crippen molar-refractivity contribution in [1.82, 2.24) is 9.80 Å². The number of nitrogens with zero attached hydrogens (tertiary/aromatic N) is 2. The summed E-state index contributed by atoms with van der Waals surface area (Å²) >= 11 is 0. The number of Topliss-reactive ketones (excluding diaryl/α,β-unsaturated/α-hetero) is 1. The predicted octanol–water partition coefficient (Wildman–Crippen LogP) is 0.825. The van der Waals surface area contributed by atoms with Gasteiger partial charge in [0, 0.05) is 28.2 Å². The molecule has 4 heteroatoms. The van der Waals surface area contributed by atoms with E-state index in [0.29, 0.717) is 0 Å². The molecule has 0 unspecified atom stereocenters. The third-order valence-electron chi connectivity index (χ3n) is 0.765. The summed E-state index contributed by atoms with van der Waals surface area (Å²) in [5.74, 6) is 0.167. The summed E-state index contributed by atoms with van der Waals surface area (Å²) in [6.07, 6.45) is 0. The summed E-state index contributed by atoms with van der Waals surface area (Å²) in [6, 6.07) is 0.0185. The van der Waals surface area contributed by atoms with Gasteiger partial charge >= 0.3 is 6.03 Å². The van der Waals surface area contributed by atoms with Gasteiger partial charge in [-0.1, -0.05) is 0 Å². The molecule has 0 rings (SSSR count). The second-order valence-electron chi connectivity index (χ2n) is 2.98. The molecule has 0 aromatic rings. The zero-order valence-electron chi connectivity index (χ0n) is 8.71. The molecule has 0 heterocycles. The fourth-order valence-electron chi connectivity index (χ4n) is 0.400. The number of ketones is 1. The molecule has 4 nitrogen and oxygen atoms in total. The molecule has 12 heavy (non-hydrogen) atoms. The average Bonchev–Trinajstić information content (AvgIpc) is 1.84. The Labute approximate surface area is 74.1 Å². The van der Waals surface area contributed by atoms with Gasteiger partial charge in [0.15, 0.2) is 0 Å². The first kappa shape index (κ1) is 13.5. The van der Waals surface area contributed by atoms with Crippen molar-refractivity contribution in [2.45, 2.75) is 13.8 Å². The molecule has 0 saturated heterocycles. The number of hydrogen-bond acceptors (Lipinski definition) is 2. The highest BCUT2D eigenvalue weighted by Crippen LogP contribution is 1.83. The van der Waals surface area contributed by atoms with Crippen molar-refractivity contribution >= 4 is 11.8 Å². The lowest BCUT2D eigenvalue weighted by molar-refractivity contribution is -0.114. The fourth-order valence-corrected chi connectivity index (χ4v) is 0.400. The molecule has 0 saturated carbocycles. The topological polar surface area (TPSA) is 40.6 Å². The molecular formula is C8H18N2O2. The molecule has 0 aromatic carbocycles. The van der Waals surface area contributed by atoms with Gasteiger partial charge in [0.05, 0.1) is 0 Å². The van der Waals surface area contributed by atoms with Crippen LogP contribution in [0.15, 0.2) is 0 Å². The zero-order chi connectivity index (χ0) is 10.3. The number of amides is 2. The van der Waals surface area contributed by atoms with Crippen LogP contribution < -0.4 is 0 Å². The molecule has 0 radical (unpaired) electrons. The monoisotopic (exact) mass is 174 g/mol. The van der Waals surface area contributed by atoms with Gasteiger partial charge in [0.25, 0.3) is 0 Å². The lowest BCUT2D eigenvalue weighted by Crippen LogP contribution is -2.33. The maximum atomic E-state index is 10.7. The van der Waals surface area contributed by atoms with Gasteiger partial charge in [-0.05, 0) is 13.8 Å². The summed E-state index contributed by atoms with van der Waals surface area (Å²) in [5.41, 5.74) is 0. The Morgan fingerprint density at radius 3 is 1.00 bits per heavy atom. The van der Waals surface area contributed by atoms with Crippen LogP contribution in [-0.4, -0.2) is 49.8 Å². The van der Waals surface area contributed by atoms with E-state index in [4.69, 9.17) is 0 Å². The van der Waals surface area contributed by atoms with E-state index >= 15 is 0 Å². The van der Waals surface area contributed by atoms with Crippen LogP contribution in [0.1, 0.15) is 13.8 Å². The minimum absolute atomic E-state index is 0.0185. The van der Waals surface area contributed by atoms with Gasteiger partial charge in [-0.2, -0.15) is 0 Å². The van der Waals surface area contributed by atoms with Crippen molar-refractivity contribution in [3.63, 3.8) is 0 Å². The second-order valence-corrected chi connectivity index (χ2v) is 2.98. The van der Waals surface area contributed by atoms with Crippen LogP contribution >= 0.6 is 0 Å². The lowest BCUT2D eigenvalue weighted by atomic mass is 10.6. The average molecular weight is 174 g/mol. The molecule has 72 valence electrons. The van der Waals surface area contributed by atoms with Gasteiger partial charge in [0.1, 0.15) is 5.78 Å². The second kappa shape index (κ2) is 6.64. The minimum Gasteiger partial charge on any atom is -0.331 e. The normalized spacial score (nSPS) is 7.83. The van der Waals surface area contributed by atoms with Gasteiger partial charge in [-0.25, -0.2) is 4.79 Å². The SMILES string of the molecule is CC(C)=O.CN(C)C(=O)N(C)C. The standard InChI is InChI=1S/C5H12N2O.C3H6O/c1-6(2)5(8)7(3)4;1-3(2)4/h1-4H3;1-2H3. The number of rotatable bonds is 0.